The van der Waals surface area contributed by atoms with Crippen molar-refractivity contribution in [2.24, 2.45) is 0 Å². The Morgan fingerprint density at radius 3 is 1.59 bits per heavy atom. The van der Waals surface area contributed by atoms with Crippen LogP contribution in [-0.2, 0) is 0 Å². The standard InChI is InChI=1S/C59H37N5/c1-4-15-38(16-5-1)39-27-29-42(30-28-39)58-60-57(41-18-6-2-7-19-41)61-59(62-58)44-31-33-46-43(35-44)20-14-26-51(46)64-52-25-13-12-24-48(52)49-36-50-55(37-54(49)64)63(45-21-8-3-9-22-45)53-34-32-40-17-10-11-23-47(40)56(50)53/h1-37H. The summed E-state index contributed by atoms with van der Waals surface area (Å²) < 4.78 is 4.88. The molecule has 0 aliphatic heterocycles. The van der Waals surface area contributed by atoms with Gasteiger partial charge in [-0.05, 0) is 75.8 Å². The van der Waals surface area contributed by atoms with Crippen molar-refractivity contribution in [1.82, 2.24) is 24.1 Å². The molecule has 0 unspecified atom stereocenters. The van der Waals surface area contributed by atoms with E-state index in [1.165, 1.54) is 48.9 Å². The van der Waals surface area contributed by atoms with E-state index in [0.717, 1.165) is 55.4 Å². The highest BCUT2D eigenvalue weighted by Gasteiger charge is 2.21. The highest BCUT2D eigenvalue weighted by molar-refractivity contribution is 6.25. The fourth-order valence-corrected chi connectivity index (χ4v) is 9.76. The van der Waals surface area contributed by atoms with E-state index in [2.05, 4.69) is 209 Å². The highest BCUT2D eigenvalue weighted by Crippen LogP contribution is 2.43. The predicted molar refractivity (Wildman–Crippen MR) is 265 cm³/mol. The summed E-state index contributed by atoms with van der Waals surface area (Å²) in [6.07, 6.45) is 0. The number of para-hydroxylation sites is 2. The van der Waals surface area contributed by atoms with E-state index in [-0.39, 0.29) is 0 Å². The number of nitrogens with zero attached hydrogens (tertiary/aromatic N) is 5. The van der Waals surface area contributed by atoms with Crippen molar-refractivity contribution in [2.75, 3.05) is 0 Å². The van der Waals surface area contributed by atoms with Crippen molar-refractivity contribution in [3.05, 3.63) is 224 Å². The Morgan fingerprint density at radius 1 is 0.266 bits per heavy atom. The Balaban J connectivity index is 1.00. The third-order valence-corrected chi connectivity index (χ3v) is 12.7. The largest absolute Gasteiger partial charge is 0.309 e. The minimum absolute atomic E-state index is 0.629. The van der Waals surface area contributed by atoms with Crippen LogP contribution in [0.2, 0.25) is 0 Å². The molecule has 0 aliphatic rings. The number of fused-ring (bicyclic) bond motifs is 9. The molecule has 5 heteroatoms. The Hall–Kier alpha value is -8.67. The van der Waals surface area contributed by atoms with Crippen LogP contribution >= 0.6 is 0 Å². The normalized spacial score (nSPS) is 11.8. The van der Waals surface area contributed by atoms with Gasteiger partial charge >= 0.3 is 0 Å². The lowest BCUT2D eigenvalue weighted by Gasteiger charge is -2.14. The zero-order chi connectivity index (χ0) is 42.1. The van der Waals surface area contributed by atoms with Gasteiger partial charge in [-0.15, -0.1) is 0 Å². The lowest BCUT2D eigenvalue weighted by molar-refractivity contribution is 1.07. The quantitative estimate of drug-likeness (QED) is 0.168. The lowest BCUT2D eigenvalue weighted by Crippen LogP contribution is -2.00. The van der Waals surface area contributed by atoms with E-state index in [1.54, 1.807) is 0 Å². The molecule has 298 valence electrons. The average molecular weight is 816 g/mol. The molecule has 0 N–H and O–H groups in total. The number of hydrogen-bond donors (Lipinski definition) is 0. The molecule has 0 aliphatic carbocycles. The van der Waals surface area contributed by atoms with Gasteiger partial charge in [0.05, 0.1) is 27.8 Å². The molecule has 0 bridgehead atoms. The molecule has 0 radical (unpaired) electrons. The van der Waals surface area contributed by atoms with Crippen LogP contribution in [0.4, 0.5) is 0 Å². The van der Waals surface area contributed by atoms with Crippen molar-refractivity contribution in [1.29, 1.82) is 0 Å². The Kier molecular flexibility index (Phi) is 8.15. The molecule has 64 heavy (non-hydrogen) atoms. The Morgan fingerprint density at radius 2 is 0.828 bits per heavy atom. The van der Waals surface area contributed by atoms with Gasteiger partial charge in [0.2, 0.25) is 0 Å². The van der Waals surface area contributed by atoms with Crippen LogP contribution in [-0.4, -0.2) is 24.1 Å². The Bertz CT molecular complexity index is 3930. The smallest absolute Gasteiger partial charge is 0.164 e. The van der Waals surface area contributed by atoms with Gasteiger partial charge in [-0.25, -0.2) is 15.0 Å². The van der Waals surface area contributed by atoms with Gasteiger partial charge in [-0.3, -0.25) is 0 Å². The van der Waals surface area contributed by atoms with E-state index in [1.807, 2.05) is 24.3 Å². The molecule has 0 saturated carbocycles. The summed E-state index contributed by atoms with van der Waals surface area (Å²) in [6, 6.07) is 79.9. The number of benzene rings is 10. The molecule has 13 rings (SSSR count). The monoisotopic (exact) mass is 815 g/mol. The summed E-state index contributed by atoms with van der Waals surface area (Å²) in [6.45, 7) is 0. The highest BCUT2D eigenvalue weighted by atomic mass is 15.0. The fraction of sp³-hybridized carbons (Fsp3) is 0. The number of hydrogen-bond acceptors (Lipinski definition) is 3. The molecule has 0 saturated heterocycles. The van der Waals surface area contributed by atoms with Crippen molar-refractivity contribution in [3.8, 4) is 56.7 Å². The summed E-state index contributed by atoms with van der Waals surface area (Å²) in [4.78, 5) is 15.2. The second kappa shape index (κ2) is 14.5. The number of rotatable bonds is 6. The Labute approximate surface area is 368 Å². The maximum absolute atomic E-state index is 5.13. The van der Waals surface area contributed by atoms with E-state index in [4.69, 9.17) is 15.0 Å². The van der Waals surface area contributed by atoms with Crippen LogP contribution in [0.25, 0.3) is 122 Å². The second-order valence-corrected chi connectivity index (χ2v) is 16.4. The van der Waals surface area contributed by atoms with Gasteiger partial charge in [0.25, 0.3) is 0 Å². The van der Waals surface area contributed by atoms with E-state index < -0.39 is 0 Å². The fourth-order valence-electron chi connectivity index (χ4n) is 9.76. The summed E-state index contributed by atoms with van der Waals surface area (Å²) in [5.41, 5.74) is 12.1. The van der Waals surface area contributed by atoms with Gasteiger partial charge < -0.3 is 9.13 Å². The summed E-state index contributed by atoms with van der Waals surface area (Å²) in [5.74, 6) is 1.90. The third-order valence-electron chi connectivity index (χ3n) is 12.7. The average Bonchev–Trinajstić information content (AvgIpc) is 3.88. The van der Waals surface area contributed by atoms with Crippen molar-refractivity contribution < 1.29 is 0 Å². The summed E-state index contributed by atoms with van der Waals surface area (Å²) in [5, 5.41) is 9.69. The van der Waals surface area contributed by atoms with Crippen LogP contribution in [0.3, 0.4) is 0 Å². The molecule has 0 spiro atoms. The second-order valence-electron chi connectivity index (χ2n) is 16.4. The molecule has 13 aromatic rings. The minimum Gasteiger partial charge on any atom is -0.309 e. The zero-order valence-electron chi connectivity index (χ0n) is 34.6. The van der Waals surface area contributed by atoms with E-state index >= 15 is 0 Å². The van der Waals surface area contributed by atoms with Crippen LogP contribution in [0.5, 0.6) is 0 Å². The molecule has 0 atom stereocenters. The molecular formula is C59H37N5. The maximum atomic E-state index is 5.13. The van der Waals surface area contributed by atoms with Crippen molar-refractivity contribution in [2.45, 2.75) is 0 Å². The van der Waals surface area contributed by atoms with Crippen LogP contribution in [0, 0.1) is 0 Å². The molecule has 5 nitrogen and oxygen atoms in total. The first-order chi connectivity index (χ1) is 31.7. The van der Waals surface area contributed by atoms with Crippen molar-refractivity contribution >= 4 is 65.2 Å². The molecule has 0 amide bonds. The van der Waals surface area contributed by atoms with Gasteiger partial charge in [-0.2, -0.15) is 0 Å². The minimum atomic E-state index is 0.629. The topological polar surface area (TPSA) is 48.5 Å². The third kappa shape index (κ3) is 5.75. The van der Waals surface area contributed by atoms with Gasteiger partial charge in [0.1, 0.15) is 0 Å². The zero-order valence-corrected chi connectivity index (χ0v) is 34.6. The molecule has 3 heterocycles. The maximum Gasteiger partial charge on any atom is 0.164 e. The first-order valence-corrected chi connectivity index (χ1v) is 21.7. The summed E-state index contributed by atoms with van der Waals surface area (Å²) in [7, 11) is 0. The first kappa shape index (κ1) is 36.0. The molecular weight excluding hydrogens is 779 g/mol. The number of aromatic nitrogens is 5. The van der Waals surface area contributed by atoms with Crippen LogP contribution < -0.4 is 0 Å². The molecule has 10 aromatic carbocycles. The summed E-state index contributed by atoms with van der Waals surface area (Å²) >= 11 is 0. The van der Waals surface area contributed by atoms with Gasteiger partial charge in [0, 0.05) is 49.3 Å². The van der Waals surface area contributed by atoms with E-state index in [9.17, 15) is 0 Å². The van der Waals surface area contributed by atoms with Crippen LogP contribution in [0.1, 0.15) is 0 Å². The van der Waals surface area contributed by atoms with Crippen LogP contribution in [0.15, 0.2) is 224 Å². The SMILES string of the molecule is c1ccc(-c2ccc(-c3nc(-c4ccccc4)nc(-c4ccc5c(-n6c7ccccc7c7cc8c9c%10ccccc%10ccc9n(-c9ccccc9)c8cc76)cccc5c4)n3)cc2)cc1. The van der Waals surface area contributed by atoms with Gasteiger partial charge in [0.15, 0.2) is 17.5 Å². The molecule has 3 aromatic heterocycles. The first-order valence-electron chi connectivity index (χ1n) is 21.7. The molecule has 0 fully saturated rings. The van der Waals surface area contributed by atoms with Crippen molar-refractivity contribution in [3.63, 3.8) is 0 Å². The predicted octanol–water partition coefficient (Wildman–Crippen LogP) is 15.0. The van der Waals surface area contributed by atoms with Gasteiger partial charge in [-0.1, -0.05) is 176 Å². The lowest BCUT2D eigenvalue weighted by atomic mass is 10.0. The van der Waals surface area contributed by atoms with E-state index in [0.29, 0.717) is 17.5 Å².